The van der Waals surface area contributed by atoms with E-state index in [1.54, 1.807) is 6.92 Å². The molecule has 0 aliphatic heterocycles. The summed E-state index contributed by atoms with van der Waals surface area (Å²) in [6, 6.07) is 22.6. The SMILES string of the molecule is C#CCC(NC(=O)OCC1c2ccccc2-c2ccccc21)C(=O)N[C@@H](C(=O)O)[C@H](C)OCc1ccccc1. The summed E-state index contributed by atoms with van der Waals surface area (Å²) in [5.74, 6) is 0.175. The van der Waals surface area contributed by atoms with Crippen molar-refractivity contribution < 1.29 is 29.0 Å². The molecule has 0 aromatic heterocycles. The largest absolute Gasteiger partial charge is 0.480 e. The number of fused-ring (bicyclic) bond motifs is 3. The van der Waals surface area contributed by atoms with Gasteiger partial charge in [0.05, 0.1) is 12.7 Å². The van der Waals surface area contributed by atoms with Gasteiger partial charge in [-0.15, -0.1) is 12.3 Å². The molecule has 0 radical (unpaired) electrons. The van der Waals surface area contributed by atoms with E-state index >= 15 is 0 Å². The average Bonchev–Trinajstić information content (AvgIpc) is 3.27. The molecule has 0 fully saturated rings. The maximum atomic E-state index is 13.0. The lowest BCUT2D eigenvalue weighted by Crippen LogP contribution is -2.55. The van der Waals surface area contributed by atoms with Crippen LogP contribution in [0.1, 0.15) is 36.0 Å². The number of hydrogen-bond acceptors (Lipinski definition) is 5. The first-order chi connectivity index (χ1) is 18.9. The molecule has 39 heavy (non-hydrogen) atoms. The number of nitrogens with one attached hydrogen (secondary N) is 2. The van der Waals surface area contributed by atoms with Gasteiger partial charge in [-0.3, -0.25) is 4.79 Å². The minimum Gasteiger partial charge on any atom is -0.480 e. The highest BCUT2D eigenvalue weighted by molar-refractivity contribution is 5.89. The monoisotopic (exact) mass is 526 g/mol. The number of carboxylic acids is 1. The lowest BCUT2D eigenvalue weighted by Gasteiger charge is -2.24. The Morgan fingerprint density at radius 2 is 1.51 bits per heavy atom. The quantitative estimate of drug-likeness (QED) is 0.324. The van der Waals surface area contributed by atoms with Crippen molar-refractivity contribution in [3.05, 3.63) is 95.6 Å². The third kappa shape index (κ3) is 6.64. The minimum atomic E-state index is -1.36. The van der Waals surface area contributed by atoms with Crippen LogP contribution in [0.25, 0.3) is 11.1 Å². The van der Waals surface area contributed by atoms with E-state index in [9.17, 15) is 19.5 Å². The Morgan fingerprint density at radius 3 is 2.10 bits per heavy atom. The summed E-state index contributed by atoms with van der Waals surface area (Å²) in [6.07, 6.45) is 3.59. The van der Waals surface area contributed by atoms with E-state index < -0.39 is 36.2 Å². The van der Waals surface area contributed by atoms with Gasteiger partial charge in [0.25, 0.3) is 0 Å². The Morgan fingerprint density at radius 1 is 0.923 bits per heavy atom. The van der Waals surface area contributed by atoms with Gasteiger partial charge in [0, 0.05) is 12.3 Å². The van der Waals surface area contributed by atoms with E-state index in [1.165, 1.54) is 0 Å². The molecular weight excluding hydrogens is 496 g/mol. The summed E-state index contributed by atoms with van der Waals surface area (Å²) < 4.78 is 11.2. The van der Waals surface area contributed by atoms with Crippen molar-refractivity contribution in [3.8, 4) is 23.5 Å². The summed E-state index contributed by atoms with van der Waals surface area (Å²) in [4.78, 5) is 37.6. The molecule has 1 aliphatic rings. The highest BCUT2D eigenvalue weighted by Crippen LogP contribution is 2.44. The van der Waals surface area contributed by atoms with Gasteiger partial charge < -0.3 is 25.2 Å². The Labute approximate surface area is 227 Å². The predicted octanol–water partition coefficient (Wildman–Crippen LogP) is 4.09. The van der Waals surface area contributed by atoms with E-state index in [-0.39, 0.29) is 25.6 Å². The fraction of sp³-hybridized carbons (Fsp3) is 0.258. The van der Waals surface area contributed by atoms with E-state index in [0.29, 0.717) is 0 Å². The number of hydrogen-bond donors (Lipinski definition) is 3. The van der Waals surface area contributed by atoms with Gasteiger partial charge in [-0.1, -0.05) is 78.9 Å². The summed E-state index contributed by atoms with van der Waals surface area (Å²) >= 11 is 0. The van der Waals surface area contributed by atoms with Gasteiger partial charge in [0.15, 0.2) is 6.04 Å². The van der Waals surface area contributed by atoms with Gasteiger partial charge in [0.2, 0.25) is 5.91 Å². The van der Waals surface area contributed by atoms with Crippen LogP contribution in [0.5, 0.6) is 0 Å². The Balaban J connectivity index is 1.36. The number of benzene rings is 3. The maximum absolute atomic E-state index is 13.0. The van der Waals surface area contributed by atoms with Gasteiger partial charge >= 0.3 is 12.1 Å². The lowest BCUT2D eigenvalue weighted by molar-refractivity contribution is -0.146. The highest BCUT2D eigenvalue weighted by atomic mass is 16.5. The summed E-state index contributed by atoms with van der Waals surface area (Å²) in [5, 5.41) is 14.6. The predicted molar refractivity (Wildman–Crippen MR) is 146 cm³/mol. The number of carboxylic acid groups (broad SMARTS) is 1. The first-order valence-electron chi connectivity index (χ1n) is 12.6. The lowest BCUT2D eigenvalue weighted by atomic mass is 9.98. The van der Waals surface area contributed by atoms with Gasteiger partial charge in [-0.2, -0.15) is 0 Å². The number of aliphatic carboxylic acids is 1. The molecule has 3 aromatic rings. The molecule has 8 heteroatoms. The zero-order chi connectivity index (χ0) is 27.8. The third-order valence-electron chi connectivity index (χ3n) is 6.66. The summed E-state index contributed by atoms with van der Waals surface area (Å²) in [7, 11) is 0. The van der Waals surface area contributed by atoms with Crippen LogP contribution in [-0.4, -0.2) is 47.9 Å². The second kappa shape index (κ2) is 12.8. The van der Waals surface area contributed by atoms with E-state index in [0.717, 1.165) is 27.8 Å². The third-order valence-corrected chi connectivity index (χ3v) is 6.66. The Bertz CT molecular complexity index is 1320. The number of carbonyl (C=O) groups is 3. The molecule has 2 amide bonds. The second-order valence-electron chi connectivity index (χ2n) is 9.26. The number of rotatable bonds is 11. The highest BCUT2D eigenvalue weighted by Gasteiger charge is 2.32. The van der Waals surface area contributed by atoms with Crippen molar-refractivity contribution in [3.63, 3.8) is 0 Å². The topological polar surface area (TPSA) is 114 Å². The smallest absolute Gasteiger partial charge is 0.407 e. The average molecular weight is 527 g/mol. The Kier molecular flexibility index (Phi) is 8.97. The van der Waals surface area contributed by atoms with Crippen molar-refractivity contribution in [1.29, 1.82) is 0 Å². The molecule has 0 saturated carbocycles. The van der Waals surface area contributed by atoms with E-state index in [1.807, 2.05) is 78.9 Å². The van der Waals surface area contributed by atoms with Gasteiger partial charge in [-0.25, -0.2) is 9.59 Å². The molecule has 0 saturated heterocycles. The van der Waals surface area contributed by atoms with E-state index in [2.05, 4.69) is 16.6 Å². The number of carbonyl (C=O) groups excluding carboxylic acids is 2. The van der Waals surface area contributed by atoms with Crippen molar-refractivity contribution in [2.45, 2.75) is 44.1 Å². The number of terminal acetylenes is 1. The number of ether oxygens (including phenoxy) is 2. The standard InChI is InChI=1S/C31H30N2O6/c1-3-11-27(29(34)33-28(30(35)36)20(2)38-18-21-12-5-4-6-13-21)32-31(37)39-19-26-24-16-9-7-14-22(24)23-15-8-10-17-25(23)26/h1,4-10,12-17,20,26-28H,11,18-19H2,2H3,(H,32,37)(H,33,34)(H,35,36)/t20-,27?,28+/m0/s1. The summed E-state index contributed by atoms with van der Waals surface area (Å²) in [5.41, 5.74) is 5.16. The molecule has 3 N–H and O–H groups in total. The molecule has 3 aromatic carbocycles. The zero-order valence-corrected chi connectivity index (χ0v) is 21.5. The fourth-order valence-corrected chi connectivity index (χ4v) is 4.64. The maximum Gasteiger partial charge on any atom is 0.407 e. The van der Waals surface area contributed by atoms with Crippen LogP contribution >= 0.6 is 0 Å². The molecule has 0 heterocycles. The van der Waals surface area contributed by atoms with Crippen molar-refractivity contribution in [2.75, 3.05) is 6.61 Å². The first-order valence-corrected chi connectivity index (χ1v) is 12.6. The van der Waals surface area contributed by atoms with Crippen molar-refractivity contribution in [1.82, 2.24) is 10.6 Å². The molecule has 0 spiro atoms. The van der Waals surface area contributed by atoms with Crippen LogP contribution in [0.15, 0.2) is 78.9 Å². The van der Waals surface area contributed by atoms with Crippen LogP contribution < -0.4 is 10.6 Å². The Hall–Kier alpha value is -4.61. The molecule has 200 valence electrons. The van der Waals surface area contributed by atoms with Crippen LogP contribution in [0.4, 0.5) is 4.79 Å². The number of amides is 2. The van der Waals surface area contributed by atoms with Crippen LogP contribution in [-0.2, 0) is 25.7 Å². The van der Waals surface area contributed by atoms with Crippen molar-refractivity contribution >= 4 is 18.0 Å². The normalized spacial score (nSPS) is 14.2. The van der Waals surface area contributed by atoms with Gasteiger partial charge in [0.1, 0.15) is 12.6 Å². The fourth-order valence-electron chi connectivity index (χ4n) is 4.64. The van der Waals surface area contributed by atoms with Crippen LogP contribution in [0.3, 0.4) is 0 Å². The zero-order valence-electron chi connectivity index (χ0n) is 21.5. The molecule has 0 bridgehead atoms. The second-order valence-corrected chi connectivity index (χ2v) is 9.26. The van der Waals surface area contributed by atoms with Gasteiger partial charge in [-0.05, 0) is 34.7 Å². The molecule has 4 rings (SSSR count). The summed E-state index contributed by atoms with van der Waals surface area (Å²) in [6.45, 7) is 1.79. The molecule has 3 atom stereocenters. The van der Waals surface area contributed by atoms with Crippen LogP contribution in [0.2, 0.25) is 0 Å². The molecular formula is C31H30N2O6. The molecule has 8 nitrogen and oxygen atoms in total. The van der Waals surface area contributed by atoms with Crippen LogP contribution in [0, 0.1) is 12.3 Å². The van der Waals surface area contributed by atoms with Crippen molar-refractivity contribution in [2.24, 2.45) is 0 Å². The molecule has 1 unspecified atom stereocenters. The first kappa shape index (κ1) is 27.4. The minimum absolute atomic E-state index is 0.0619. The number of alkyl carbamates (subject to hydrolysis) is 1. The van der Waals surface area contributed by atoms with E-state index in [4.69, 9.17) is 15.9 Å². The molecule has 1 aliphatic carbocycles.